The molecule has 7 nitrogen and oxygen atoms in total. The summed E-state index contributed by atoms with van der Waals surface area (Å²) in [4.78, 5) is 33.7. The van der Waals surface area contributed by atoms with E-state index in [2.05, 4.69) is 23.5 Å². The van der Waals surface area contributed by atoms with Crippen molar-refractivity contribution in [2.45, 2.75) is 24.3 Å². The normalized spacial score (nSPS) is 23.6. The average Bonchev–Trinajstić information content (AvgIpc) is 2.93. The van der Waals surface area contributed by atoms with E-state index in [4.69, 9.17) is 14.9 Å². The van der Waals surface area contributed by atoms with Crippen LogP contribution in [0.4, 0.5) is 4.79 Å². The number of carbonyl (C=O) groups excluding carboxylic acids is 1. The van der Waals surface area contributed by atoms with Gasteiger partial charge in [-0.2, -0.15) is 0 Å². The number of alkyl carbamates (subject to hydrolysis) is 1. The van der Waals surface area contributed by atoms with Crippen LogP contribution >= 0.6 is 0 Å². The Hall–Kier alpha value is -3.09. The number of allylic oxidation sites excluding steroid dienone is 4. The van der Waals surface area contributed by atoms with Crippen molar-refractivity contribution in [3.63, 3.8) is 0 Å². The van der Waals surface area contributed by atoms with Crippen LogP contribution in [0.15, 0.2) is 48.6 Å². The van der Waals surface area contributed by atoms with Gasteiger partial charge < -0.3 is 20.3 Å². The molecule has 4 unspecified atom stereocenters. The number of fused-ring (bicyclic) bond motifs is 3. The molecule has 0 spiro atoms. The van der Waals surface area contributed by atoms with Crippen molar-refractivity contribution in [2.24, 2.45) is 5.92 Å². The van der Waals surface area contributed by atoms with E-state index < -0.39 is 30.5 Å². The molecule has 4 atom stereocenters. The van der Waals surface area contributed by atoms with Gasteiger partial charge in [0.2, 0.25) is 0 Å². The molecule has 0 fully saturated rings. The smallest absolute Gasteiger partial charge is 0.407 e. The lowest BCUT2D eigenvalue weighted by Gasteiger charge is -2.22. The van der Waals surface area contributed by atoms with E-state index in [9.17, 15) is 14.4 Å². The highest BCUT2D eigenvalue weighted by Gasteiger charge is 2.39. The number of rotatable bonds is 6. The van der Waals surface area contributed by atoms with Crippen LogP contribution in [0.2, 0.25) is 0 Å². The molecule has 0 heterocycles. The second kappa shape index (κ2) is 7.43. The number of carboxylic acids is 2. The molecule has 3 N–H and O–H groups in total. The number of nitrogens with one attached hydrogen (secondary N) is 1. The Morgan fingerprint density at radius 2 is 1.77 bits per heavy atom. The molecule has 1 amide bonds. The van der Waals surface area contributed by atoms with Crippen LogP contribution in [-0.2, 0) is 14.3 Å². The topological polar surface area (TPSA) is 113 Å². The molecule has 0 saturated heterocycles. The van der Waals surface area contributed by atoms with E-state index in [0.717, 1.165) is 5.56 Å². The Morgan fingerprint density at radius 1 is 1.08 bits per heavy atom. The maximum absolute atomic E-state index is 11.9. The zero-order valence-corrected chi connectivity index (χ0v) is 13.9. The van der Waals surface area contributed by atoms with Gasteiger partial charge in [-0.15, -0.1) is 0 Å². The first-order valence-electron chi connectivity index (χ1n) is 8.29. The van der Waals surface area contributed by atoms with Gasteiger partial charge in [-0.3, -0.25) is 4.79 Å². The van der Waals surface area contributed by atoms with Crippen molar-refractivity contribution in [3.05, 3.63) is 59.7 Å². The monoisotopic (exact) mass is 357 g/mol. The number of amides is 1. The largest absolute Gasteiger partial charge is 0.481 e. The van der Waals surface area contributed by atoms with E-state index in [-0.39, 0.29) is 24.4 Å². The summed E-state index contributed by atoms with van der Waals surface area (Å²) in [6.07, 6.45) is 6.52. The van der Waals surface area contributed by atoms with Gasteiger partial charge >= 0.3 is 18.0 Å². The van der Waals surface area contributed by atoms with Crippen LogP contribution in [0.5, 0.6) is 0 Å². The maximum Gasteiger partial charge on any atom is 0.407 e. The molecule has 0 radical (unpaired) electrons. The molecule has 0 aromatic heterocycles. The van der Waals surface area contributed by atoms with E-state index in [1.54, 1.807) is 0 Å². The van der Waals surface area contributed by atoms with Gasteiger partial charge in [-0.05, 0) is 17.0 Å². The first-order chi connectivity index (χ1) is 12.5. The fourth-order valence-electron chi connectivity index (χ4n) is 3.60. The summed E-state index contributed by atoms with van der Waals surface area (Å²) >= 11 is 0. The highest BCUT2D eigenvalue weighted by atomic mass is 16.5. The zero-order chi connectivity index (χ0) is 18.7. The van der Waals surface area contributed by atoms with E-state index in [1.165, 1.54) is 5.56 Å². The molecule has 26 heavy (non-hydrogen) atoms. The van der Waals surface area contributed by atoms with Gasteiger partial charge in [0.1, 0.15) is 12.6 Å². The molecule has 7 heteroatoms. The van der Waals surface area contributed by atoms with Crippen molar-refractivity contribution in [1.82, 2.24) is 5.32 Å². The van der Waals surface area contributed by atoms with Crippen molar-refractivity contribution in [1.29, 1.82) is 0 Å². The summed E-state index contributed by atoms with van der Waals surface area (Å²) in [5, 5.41) is 19.8. The predicted octanol–water partition coefficient (Wildman–Crippen LogP) is 2.26. The molecule has 2 aliphatic rings. The predicted molar refractivity (Wildman–Crippen MR) is 91.9 cm³/mol. The number of hydrogen-bond acceptors (Lipinski definition) is 4. The minimum Gasteiger partial charge on any atom is -0.481 e. The van der Waals surface area contributed by atoms with Gasteiger partial charge in [0.25, 0.3) is 0 Å². The van der Waals surface area contributed by atoms with E-state index in [1.807, 2.05) is 30.4 Å². The molecule has 3 rings (SSSR count). The lowest BCUT2D eigenvalue weighted by atomic mass is 9.84. The molecule has 0 aliphatic heterocycles. The van der Waals surface area contributed by atoms with Crippen LogP contribution in [-0.4, -0.2) is 40.9 Å². The third-order valence-corrected chi connectivity index (χ3v) is 4.76. The standard InChI is InChI=1S/C19H19NO6/c21-17(22)9-16(18(23)24)20-19(25)26-10-15-13-7-3-1-5-11(13)12-6-2-4-8-14(12)15/h1-8,11,13,15-16H,9-10H2,(H,20,25)(H,21,22)(H,23,24). The summed E-state index contributed by atoms with van der Waals surface area (Å²) in [5.74, 6) is -2.38. The Labute approximate surface area is 150 Å². The molecule has 136 valence electrons. The second-order valence-corrected chi connectivity index (χ2v) is 6.34. The molecule has 1 aromatic rings. The third kappa shape index (κ3) is 3.61. The zero-order valence-electron chi connectivity index (χ0n) is 13.9. The Morgan fingerprint density at radius 3 is 2.46 bits per heavy atom. The second-order valence-electron chi connectivity index (χ2n) is 6.34. The van der Waals surface area contributed by atoms with E-state index >= 15 is 0 Å². The third-order valence-electron chi connectivity index (χ3n) is 4.76. The van der Waals surface area contributed by atoms with Crippen LogP contribution in [0, 0.1) is 5.92 Å². The Kier molecular flexibility index (Phi) is 5.06. The van der Waals surface area contributed by atoms with Crippen LogP contribution in [0.3, 0.4) is 0 Å². The number of carboxylic acid groups (broad SMARTS) is 2. The molecule has 0 saturated carbocycles. The Bertz CT molecular complexity index is 784. The number of hydrogen-bond donors (Lipinski definition) is 3. The van der Waals surface area contributed by atoms with Gasteiger partial charge in [-0.1, -0.05) is 48.6 Å². The lowest BCUT2D eigenvalue weighted by Crippen LogP contribution is -2.42. The first-order valence-corrected chi connectivity index (χ1v) is 8.29. The van der Waals surface area contributed by atoms with Crippen molar-refractivity contribution < 1.29 is 29.3 Å². The summed E-state index contributed by atoms with van der Waals surface area (Å²) < 4.78 is 5.23. The van der Waals surface area contributed by atoms with Gasteiger partial charge in [0.05, 0.1) is 6.42 Å². The summed E-state index contributed by atoms with van der Waals surface area (Å²) in [5.41, 5.74) is 2.30. The molecular weight excluding hydrogens is 338 g/mol. The lowest BCUT2D eigenvalue weighted by molar-refractivity contribution is -0.145. The van der Waals surface area contributed by atoms with Crippen LogP contribution in [0.25, 0.3) is 0 Å². The number of ether oxygens (including phenoxy) is 1. The fourth-order valence-corrected chi connectivity index (χ4v) is 3.60. The van der Waals surface area contributed by atoms with Gasteiger partial charge in [0.15, 0.2) is 0 Å². The van der Waals surface area contributed by atoms with Crippen molar-refractivity contribution in [2.75, 3.05) is 6.61 Å². The van der Waals surface area contributed by atoms with Crippen LogP contribution in [0.1, 0.15) is 29.4 Å². The minimum atomic E-state index is -1.53. The molecule has 2 aliphatic carbocycles. The maximum atomic E-state index is 11.9. The highest BCUT2D eigenvalue weighted by molar-refractivity contribution is 5.84. The van der Waals surface area contributed by atoms with Gasteiger partial charge in [-0.25, -0.2) is 9.59 Å². The molecule has 0 bridgehead atoms. The first kappa shape index (κ1) is 17.7. The van der Waals surface area contributed by atoms with Crippen molar-refractivity contribution >= 4 is 18.0 Å². The summed E-state index contributed by atoms with van der Waals surface area (Å²) in [6.45, 7) is 0.0849. The van der Waals surface area contributed by atoms with Crippen LogP contribution < -0.4 is 5.32 Å². The van der Waals surface area contributed by atoms with E-state index in [0.29, 0.717) is 0 Å². The fraction of sp³-hybridized carbons (Fsp3) is 0.316. The Balaban J connectivity index is 1.66. The quantitative estimate of drug-likeness (QED) is 0.720. The highest BCUT2D eigenvalue weighted by Crippen LogP contribution is 2.49. The number of benzene rings is 1. The van der Waals surface area contributed by atoms with Gasteiger partial charge in [0, 0.05) is 11.8 Å². The SMILES string of the molecule is O=C(O)CC(NC(=O)OCC1c2ccccc2C2C=CC=CC21)C(=O)O. The summed E-state index contributed by atoms with van der Waals surface area (Å²) in [6, 6.07) is 6.45. The summed E-state index contributed by atoms with van der Waals surface area (Å²) in [7, 11) is 0. The molecular formula is C19H19NO6. The number of carbonyl (C=O) groups is 3. The van der Waals surface area contributed by atoms with Crippen molar-refractivity contribution in [3.8, 4) is 0 Å². The average molecular weight is 357 g/mol. The minimum absolute atomic E-state index is 0.0362. The molecule has 1 aromatic carbocycles. The number of aliphatic carboxylic acids is 2.